The summed E-state index contributed by atoms with van der Waals surface area (Å²) in [6, 6.07) is 26.2. The Bertz CT molecular complexity index is 1570. The van der Waals surface area contributed by atoms with Crippen LogP contribution in [0.2, 0.25) is 0 Å². The van der Waals surface area contributed by atoms with Gasteiger partial charge in [-0.2, -0.15) is 0 Å². The molecule has 0 unspecified atom stereocenters. The maximum Gasteiger partial charge on any atom is 0.169 e. The first-order chi connectivity index (χ1) is 25.9. The van der Waals surface area contributed by atoms with Crippen molar-refractivity contribution >= 4 is 57.3 Å². The van der Waals surface area contributed by atoms with Crippen molar-refractivity contribution in [3.05, 3.63) is 120 Å². The predicted octanol–water partition coefficient (Wildman–Crippen LogP) is 8.53. The van der Waals surface area contributed by atoms with Gasteiger partial charge in [0.1, 0.15) is 13.1 Å². The Hall–Kier alpha value is -3.56. The maximum atomic E-state index is 2.39. The van der Waals surface area contributed by atoms with Gasteiger partial charge in [-0.1, -0.05) is 70.2 Å². The molecule has 2 aromatic heterocycles. The highest BCUT2D eigenvalue weighted by Crippen LogP contribution is 2.23. The molecule has 0 spiro atoms. The van der Waals surface area contributed by atoms with Crippen molar-refractivity contribution in [2.75, 3.05) is 104 Å². The van der Waals surface area contributed by atoms with E-state index >= 15 is 0 Å². The quantitative estimate of drug-likeness (QED) is 0.0325. The molecule has 0 fully saturated rings. The van der Waals surface area contributed by atoms with Crippen LogP contribution in [0.4, 0.5) is 11.4 Å². The molecule has 4 aromatic rings. The number of hydrogen-bond acceptors (Lipinski definition) is 4. The molecule has 0 bridgehead atoms. The molecule has 0 N–H and O–H groups in total. The molecule has 290 valence electrons. The Labute approximate surface area is 336 Å². The fraction of sp³-hybridized carbons (Fsp3) is 0.435. The van der Waals surface area contributed by atoms with Crippen LogP contribution in [0.1, 0.15) is 47.9 Å². The average molecular weight is 769 g/mol. The van der Waals surface area contributed by atoms with Crippen molar-refractivity contribution < 1.29 is 18.1 Å². The molecule has 0 aliphatic rings. The summed E-state index contributed by atoms with van der Waals surface area (Å²) < 4.78 is 6.84. The van der Waals surface area contributed by atoms with Gasteiger partial charge >= 0.3 is 0 Å². The van der Waals surface area contributed by atoms with Gasteiger partial charge in [0.25, 0.3) is 0 Å². The minimum absolute atomic E-state index is 1.08. The van der Waals surface area contributed by atoms with Crippen LogP contribution < -0.4 is 18.9 Å². The Kier molecular flexibility index (Phi) is 17.7. The fourth-order valence-electron chi connectivity index (χ4n) is 6.19. The van der Waals surface area contributed by atoms with Crippen molar-refractivity contribution in [1.82, 2.24) is 0 Å². The monoisotopic (exact) mass is 768 g/mol. The number of nitrogens with zero attached hydrogens (tertiary/aromatic N) is 6. The molecule has 4 rings (SSSR count). The first-order valence-electron chi connectivity index (χ1n) is 19.7. The summed E-state index contributed by atoms with van der Waals surface area (Å²) in [5.41, 5.74) is 7.36. The second-order valence-corrected chi connectivity index (χ2v) is 18.9. The molecular weight excluding hydrogens is 701 g/mol. The first kappa shape index (κ1) is 43.2. The summed E-state index contributed by atoms with van der Waals surface area (Å²) in [6.45, 7) is 7.06. The first-order valence-corrected chi connectivity index (χ1v) is 22.1. The van der Waals surface area contributed by atoms with Crippen LogP contribution in [0, 0.1) is 0 Å². The highest BCUT2D eigenvalue weighted by Gasteiger charge is 2.17. The van der Waals surface area contributed by atoms with Crippen LogP contribution in [0.5, 0.6) is 0 Å². The third-order valence-electron chi connectivity index (χ3n) is 10.1. The van der Waals surface area contributed by atoms with E-state index in [2.05, 4.69) is 219 Å². The molecule has 0 saturated heterocycles. The predicted molar refractivity (Wildman–Crippen MR) is 240 cm³/mol. The minimum Gasteiger partial charge on any atom is -0.378 e. The van der Waals surface area contributed by atoms with E-state index in [1.807, 2.05) is 0 Å². The van der Waals surface area contributed by atoms with Crippen LogP contribution in [-0.4, -0.2) is 103 Å². The van der Waals surface area contributed by atoms with Crippen LogP contribution in [-0.2, 0) is 13.1 Å². The number of rotatable bonds is 23. The zero-order valence-electron chi connectivity index (χ0n) is 34.5. The van der Waals surface area contributed by atoms with Crippen molar-refractivity contribution in [2.24, 2.45) is 0 Å². The fourth-order valence-corrected chi connectivity index (χ4v) is 8.72. The summed E-state index contributed by atoms with van der Waals surface area (Å²) in [4.78, 5) is 4.25. The molecule has 2 heterocycles. The number of pyridine rings is 2. The smallest absolute Gasteiger partial charge is 0.169 e. The highest BCUT2D eigenvalue weighted by atomic mass is 33.1. The van der Waals surface area contributed by atoms with Gasteiger partial charge in [0.2, 0.25) is 0 Å². The van der Waals surface area contributed by atoms with E-state index in [1.54, 1.807) is 0 Å². The van der Waals surface area contributed by atoms with E-state index in [0.29, 0.717) is 0 Å². The highest BCUT2D eigenvalue weighted by molar-refractivity contribution is 8.76. The van der Waals surface area contributed by atoms with Crippen molar-refractivity contribution in [3.63, 3.8) is 0 Å². The number of quaternary nitrogens is 2. The number of aromatic nitrogens is 2. The molecule has 0 aliphatic heterocycles. The van der Waals surface area contributed by atoms with Gasteiger partial charge in [-0.25, -0.2) is 9.13 Å². The van der Waals surface area contributed by atoms with Crippen molar-refractivity contribution in [2.45, 2.75) is 38.8 Å². The molecule has 0 radical (unpaired) electrons. The molecular formula is C46H68N6S2+4. The molecule has 2 aromatic carbocycles. The summed E-state index contributed by atoms with van der Waals surface area (Å²) in [5, 5.41) is 0. The summed E-state index contributed by atoms with van der Waals surface area (Å²) >= 11 is 0. The molecule has 0 saturated carbocycles. The number of anilines is 2. The standard InChI is InChI=1S/C46H68N6S2/c1-47(2)45-21-17-41(18-22-45)13-15-43-25-31-49(32-26-43)29-9-11-35-51(5,6)37-39-53-54-40-38-52(7,8)36-12-10-30-50-33-27-44(28-34-50)16-14-42-19-23-46(24-20-42)48(3)4/h13-28,31-34H,9-12,29-30,35-40H2,1-8H3/q+4. The van der Waals surface area contributed by atoms with Gasteiger partial charge in [-0.3, -0.25) is 0 Å². The lowest BCUT2D eigenvalue weighted by molar-refractivity contribution is -0.888. The van der Waals surface area contributed by atoms with Crippen molar-refractivity contribution in [1.29, 1.82) is 0 Å². The third kappa shape index (κ3) is 16.4. The van der Waals surface area contributed by atoms with Gasteiger partial charge in [-0.15, -0.1) is 0 Å². The van der Waals surface area contributed by atoms with Gasteiger partial charge in [0, 0.05) is 89.5 Å². The second-order valence-electron chi connectivity index (χ2n) is 16.2. The van der Waals surface area contributed by atoms with Crippen LogP contribution in [0.15, 0.2) is 97.6 Å². The zero-order valence-corrected chi connectivity index (χ0v) is 36.2. The largest absolute Gasteiger partial charge is 0.378 e. The van der Waals surface area contributed by atoms with E-state index in [1.165, 1.54) is 97.0 Å². The number of unbranched alkanes of at least 4 members (excludes halogenated alkanes) is 2. The molecule has 8 heteroatoms. The Balaban J connectivity index is 1.01. The van der Waals surface area contributed by atoms with Crippen molar-refractivity contribution in [3.8, 4) is 0 Å². The summed E-state index contributed by atoms with van der Waals surface area (Å²) in [5.74, 6) is 2.43. The number of hydrogen-bond donors (Lipinski definition) is 0. The normalized spacial score (nSPS) is 12.2. The van der Waals surface area contributed by atoms with Crippen LogP contribution in [0.3, 0.4) is 0 Å². The lowest BCUT2D eigenvalue weighted by Gasteiger charge is -2.30. The van der Waals surface area contributed by atoms with Crippen LogP contribution >= 0.6 is 21.6 Å². The van der Waals surface area contributed by atoms with Gasteiger partial charge in [0.15, 0.2) is 24.8 Å². The van der Waals surface area contributed by atoms with Crippen LogP contribution in [0.25, 0.3) is 24.3 Å². The molecule has 6 nitrogen and oxygen atoms in total. The number of benzene rings is 2. The van der Waals surface area contributed by atoms with Gasteiger partial charge in [0.05, 0.1) is 65.9 Å². The Morgan fingerprint density at radius 1 is 0.444 bits per heavy atom. The molecule has 0 aliphatic carbocycles. The van der Waals surface area contributed by atoms with E-state index in [-0.39, 0.29) is 0 Å². The van der Waals surface area contributed by atoms with Gasteiger partial charge in [-0.05, 0) is 46.5 Å². The van der Waals surface area contributed by atoms with E-state index < -0.39 is 0 Å². The lowest BCUT2D eigenvalue weighted by Crippen LogP contribution is -2.43. The molecule has 0 amide bonds. The minimum atomic E-state index is 1.08. The molecule has 54 heavy (non-hydrogen) atoms. The third-order valence-corrected chi connectivity index (χ3v) is 12.5. The van der Waals surface area contributed by atoms with Gasteiger partial charge < -0.3 is 18.8 Å². The molecule has 0 atom stereocenters. The summed E-state index contributed by atoms with van der Waals surface area (Å²) in [7, 11) is 22.0. The van der Waals surface area contributed by atoms with E-state index in [4.69, 9.17) is 0 Å². The van der Waals surface area contributed by atoms with E-state index in [9.17, 15) is 0 Å². The lowest BCUT2D eigenvalue weighted by atomic mass is 10.1. The Morgan fingerprint density at radius 3 is 1.07 bits per heavy atom. The maximum absolute atomic E-state index is 2.39. The topological polar surface area (TPSA) is 14.2 Å². The average Bonchev–Trinajstić information content (AvgIpc) is 3.16. The number of aryl methyl sites for hydroxylation is 2. The zero-order chi connectivity index (χ0) is 38.8. The van der Waals surface area contributed by atoms with E-state index in [0.717, 1.165) is 22.1 Å². The summed E-state index contributed by atoms with van der Waals surface area (Å²) in [6.07, 6.45) is 22.6. The Morgan fingerprint density at radius 2 is 0.759 bits per heavy atom. The SMILES string of the molecule is CN(C)c1ccc(/C=C/c2cc[n+](CCCC[N+](C)(C)CCSSCC[N+](C)(C)CCCC[n+]3ccc(/C=C/c4ccc(N(C)C)cc4)cc3)cc2)cc1. The second kappa shape index (κ2) is 22.1.